The van der Waals surface area contributed by atoms with Crippen LogP contribution in [-0.2, 0) is 19.9 Å². The second-order valence-electron chi connectivity index (χ2n) is 6.86. The van der Waals surface area contributed by atoms with Crippen molar-refractivity contribution in [3.63, 3.8) is 0 Å². The highest BCUT2D eigenvalue weighted by Gasteiger charge is 2.28. The van der Waals surface area contributed by atoms with E-state index in [0.29, 0.717) is 12.2 Å². The topological polar surface area (TPSA) is 67.2 Å². The van der Waals surface area contributed by atoms with Gasteiger partial charge in [0.2, 0.25) is 5.13 Å². The normalized spacial score (nSPS) is 18.2. The molecule has 1 aliphatic heterocycles. The maximum absolute atomic E-state index is 13.1. The van der Waals surface area contributed by atoms with E-state index in [1.165, 1.54) is 29.2 Å². The van der Waals surface area contributed by atoms with Gasteiger partial charge in [0, 0.05) is 56.0 Å². The number of hydrogen-bond donors (Lipinski definition) is 0. The zero-order valence-electron chi connectivity index (χ0n) is 14.9. The summed E-state index contributed by atoms with van der Waals surface area (Å²) in [6.45, 7) is 5.12. The van der Waals surface area contributed by atoms with E-state index in [0.717, 1.165) is 56.3 Å². The maximum Gasteiger partial charge on any atom is 0.274 e. The van der Waals surface area contributed by atoms with Crippen LogP contribution in [-0.4, -0.2) is 56.1 Å². The van der Waals surface area contributed by atoms with Crippen LogP contribution in [0.15, 0.2) is 0 Å². The van der Waals surface area contributed by atoms with Gasteiger partial charge in [-0.3, -0.25) is 9.48 Å². The summed E-state index contributed by atoms with van der Waals surface area (Å²) in [6.07, 6.45) is 5.31. The third-order valence-electron chi connectivity index (χ3n) is 5.14. The Kier molecular flexibility index (Phi) is 4.45. The Hall–Kier alpha value is -1.96. The first-order chi connectivity index (χ1) is 12.1. The number of rotatable bonds is 2. The number of carbonyl (C=O) groups is 1. The second kappa shape index (κ2) is 6.74. The zero-order valence-corrected chi connectivity index (χ0v) is 15.7. The molecule has 2 aliphatic rings. The van der Waals surface area contributed by atoms with Crippen LogP contribution in [0.1, 0.15) is 46.8 Å². The maximum atomic E-state index is 13.1. The van der Waals surface area contributed by atoms with Crippen molar-refractivity contribution < 1.29 is 4.79 Å². The van der Waals surface area contributed by atoms with Crippen molar-refractivity contribution in [3.05, 3.63) is 22.8 Å². The lowest BCUT2D eigenvalue weighted by Crippen LogP contribution is -2.36. The predicted octanol–water partition coefficient (Wildman–Crippen LogP) is 1.81. The summed E-state index contributed by atoms with van der Waals surface area (Å²) >= 11 is 1.44. The number of fused-ring (bicyclic) bond motifs is 1. The first-order valence-corrected chi connectivity index (χ1v) is 9.80. The Bertz CT molecular complexity index is 782. The smallest absolute Gasteiger partial charge is 0.274 e. The molecule has 3 heterocycles. The van der Waals surface area contributed by atoms with Gasteiger partial charge in [0.25, 0.3) is 5.91 Å². The Morgan fingerprint density at radius 2 is 1.92 bits per heavy atom. The predicted molar refractivity (Wildman–Crippen MR) is 97.2 cm³/mol. The molecule has 0 spiro atoms. The third kappa shape index (κ3) is 3.15. The molecule has 0 unspecified atom stereocenters. The van der Waals surface area contributed by atoms with E-state index < -0.39 is 0 Å². The highest BCUT2D eigenvalue weighted by molar-refractivity contribution is 7.09. The minimum atomic E-state index is 0.0917. The van der Waals surface area contributed by atoms with Crippen molar-refractivity contribution in [1.82, 2.24) is 24.0 Å². The summed E-state index contributed by atoms with van der Waals surface area (Å²) in [6, 6.07) is 0. The molecule has 0 bridgehead atoms. The van der Waals surface area contributed by atoms with Crippen LogP contribution in [0.4, 0.5) is 5.13 Å². The molecule has 2 aromatic rings. The summed E-state index contributed by atoms with van der Waals surface area (Å²) in [5, 5.41) is 5.53. The molecule has 0 atom stereocenters. The largest absolute Gasteiger partial charge is 0.345 e. The Balaban J connectivity index is 1.50. The van der Waals surface area contributed by atoms with E-state index >= 15 is 0 Å². The second-order valence-corrected chi connectivity index (χ2v) is 7.59. The van der Waals surface area contributed by atoms with Gasteiger partial charge in [0.15, 0.2) is 5.69 Å². The molecule has 7 nitrogen and oxygen atoms in total. The average Bonchev–Trinajstić information content (AvgIpc) is 3.09. The number of amides is 1. The summed E-state index contributed by atoms with van der Waals surface area (Å²) < 4.78 is 6.18. The van der Waals surface area contributed by atoms with E-state index in [4.69, 9.17) is 0 Å². The summed E-state index contributed by atoms with van der Waals surface area (Å²) in [7, 11) is 1.96. The lowest BCUT2D eigenvalue weighted by molar-refractivity contribution is 0.0759. The van der Waals surface area contributed by atoms with Gasteiger partial charge in [0.1, 0.15) is 5.82 Å². The van der Waals surface area contributed by atoms with Gasteiger partial charge in [0.05, 0.1) is 0 Å². The molecule has 8 heteroatoms. The molecular weight excluding hydrogens is 336 g/mol. The van der Waals surface area contributed by atoms with Crippen molar-refractivity contribution in [2.24, 2.45) is 7.05 Å². The molecule has 1 amide bonds. The number of nitrogens with zero attached hydrogens (tertiary/aromatic N) is 6. The van der Waals surface area contributed by atoms with E-state index in [2.05, 4.69) is 19.4 Å². The van der Waals surface area contributed by atoms with Gasteiger partial charge in [-0.15, -0.1) is 0 Å². The average molecular weight is 360 g/mol. The number of hydrogen-bond acceptors (Lipinski definition) is 6. The first-order valence-electron chi connectivity index (χ1n) is 9.03. The summed E-state index contributed by atoms with van der Waals surface area (Å²) in [5.41, 5.74) is 3.10. The van der Waals surface area contributed by atoms with Crippen molar-refractivity contribution in [3.8, 4) is 0 Å². The van der Waals surface area contributed by atoms with Crippen LogP contribution in [0.3, 0.4) is 0 Å². The van der Waals surface area contributed by atoms with Gasteiger partial charge in [-0.1, -0.05) is 0 Å². The van der Waals surface area contributed by atoms with Crippen molar-refractivity contribution >= 4 is 22.6 Å². The Labute approximate surface area is 151 Å². The monoisotopic (exact) mass is 360 g/mol. The fourth-order valence-electron chi connectivity index (χ4n) is 3.82. The molecule has 1 saturated heterocycles. The fraction of sp³-hybridized carbons (Fsp3) is 0.647. The number of carbonyl (C=O) groups excluding carboxylic acids is 1. The van der Waals surface area contributed by atoms with Gasteiger partial charge in [-0.05, 0) is 39.0 Å². The van der Waals surface area contributed by atoms with Gasteiger partial charge >= 0.3 is 0 Å². The fourth-order valence-corrected chi connectivity index (χ4v) is 4.55. The van der Waals surface area contributed by atoms with Crippen molar-refractivity contribution in [2.45, 2.75) is 39.0 Å². The van der Waals surface area contributed by atoms with Gasteiger partial charge in [-0.2, -0.15) is 9.47 Å². The molecule has 4 rings (SSSR count). The van der Waals surface area contributed by atoms with E-state index in [1.807, 2.05) is 23.6 Å². The number of aromatic nitrogens is 4. The lowest BCUT2D eigenvalue weighted by atomic mass is 9.95. The van der Waals surface area contributed by atoms with Crippen LogP contribution in [0.5, 0.6) is 0 Å². The van der Waals surface area contributed by atoms with E-state index in [1.54, 1.807) is 0 Å². The minimum absolute atomic E-state index is 0.0917. The molecular formula is C17H24N6OS. The standard InChI is InChI=1S/C17H24N6OS/c1-12-18-17(25-20-12)23-9-5-8-22(10-11-23)16(24)15-13-6-3-4-7-14(13)21(2)19-15/h3-11H2,1-2H3. The first kappa shape index (κ1) is 16.5. The Morgan fingerprint density at radius 1 is 1.08 bits per heavy atom. The minimum Gasteiger partial charge on any atom is -0.345 e. The highest BCUT2D eigenvalue weighted by atomic mass is 32.1. The quantitative estimate of drug-likeness (QED) is 0.817. The Morgan fingerprint density at radius 3 is 2.72 bits per heavy atom. The molecule has 0 saturated carbocycles. The van der Waals surface area contributed by atoms with Crippen molar-refractivity contribution in [1.29, 1.82) is 0 Å². The summed E-state index contributed by atoms with van der Waals surface area (Å²) in [5.74, 6) is 0.909. The van der Waals surface area contributed by atoms with Crippen LogP contribution in [0.2, 0.25) is 0 Å². The van der Waals surface area contributed by atoms with Gasteiger partial charge in [-0.25, -0.2) is 4.98 Å². The van der Waals surface area contributed by atoms with Crippen LogP contribution < -0.4 is 4.90 Å². The van der Waals surface area contributed by atoms with E-state index in [-0.39, 0.29) is 5.91 Å². The van der Waals surface area contributed by atoms with Gasteiger partial charge < -0.3 is 9.80 Å². The molecule has 25 heavy (non-hydrogen) atoms. The molecule has 0 radical (unpaired) electrons. The molecule has 0 N–H and O–H groups in total. The molecule has 1 aliphatic carbocycles. The van der Waals surface area contributed by atoms with Crippen LogP contribution in [0.25, 0.3) is 0 Å². The van der Waals surface area contributed by atoms with E-state index in [9.17, 15) is 4.79 Å². The molecule has 0 aromatic carbocycles. The molecule has 2 aromatic heterocycles. The SMILES string of the molecule is Cc1nsc(N2CCCN(C(=O)c3nn(C)c4c3CCCC4)CC2)n1. The third-order valence-corrected chi connectivity index (χ3v) is 6.01. The van der Waals surface area contributed by atoms with Crippen molar-refractivity contribution in [2.75, 3.05) is 31.1 Å². The summed E-state index contributed by atoms with van der Waals surface area (Å²) in [4.78, 5) is 21.8. The van der Waals surface area contributed by atoms with Crippen LogP contribution in [0, 0.1) is 6.92 Å². The van der Waals surface area contributed by atoms with Crippen LogP contribution >= 0.6 is 11.5 Å². The lowest BCUT2D eigenvalue weighted by Gasteiger charge is -2.21. The zero-order chi connectivity index (χ0) is 17.4. The highest BCUT2D eigenvalue weighted by Crippen LogP contribution is 2.25. The number of anilines is 1. The number of aryl methyl sites for hydroxylation is 2. The molecule has 1 fully saturated rings. The molecule has 134 valence electrons.